The molecule has 1 heterocycles. The van der Waals surface area contributed by atoms with Crippen molar-refractivity contribution in [1.29, 1.82) is 0 Å². The molecule has 1 aliphatic heterocycles. The molecule has 6 heteroatoms. The van der Waals surface area contributed by atoms with Gasteiger partial charge >= 0.3 is 6.09 Å². The second-order valence-corrected chi connectivity index (χ2v) is 12.9. The molecule has 0 aromatic heterocycles. The summed E-state index contributed by atoms with van der Waals surface area (Å²) in [5.74, 6) is -0.269. The normalized spacial score (nSPS) is 20.9. The van der Waals surface area contributed by atoms with Crippen molar-refractivity contribution in [2.24, 2.45) is 0 Å². The molecule has 1 rings (SSSR count). The molecule has 1 atom stereocenters. The van der Waals surface area contributed by atoms with E-state index in [-0.39, 0.29) is 10.9 Å². The summed E-state index contributed by atoms with van der Waals surface area (Å²) in [5.41, 5.74) is -0.601. The number of likely N-dealkylation sites (tertiary alicyclic amines) is 1. The Morgan fingerprint density at radius 3 is 2.14 bits per heavy atom. The van der Waals surface area contributed by atoms with E-state index < -0.39 is 26.1 Å². The zero-order chi connectivity index (χ0) is 16.6. The molecule has 0 aromatic carbocycles. The van der Waals surface area contributed by atoms with Crippen LogP contribution >= 0.6 is 0 Å². The molecule has 5 nitrogen and oxygen atoms in total. The molecule has 1 fully saturated rings. The van der Waals surface area contributed by atoms with Crippen molar-refractivity contribution in [3.8, 4) is 0 Å². The topological polar surface area (TPSA) is 55.8 Å². The van der Waals surface area contributed by atoms with Crippen molar-refractivity contribution in [3.05, 3.63) is 0 Å². The van der Waals surface area contributed by atoms with Crippen LogP contribution in [0.2, 0.25) is 18.1 Å². The highest BCUT2D eigenvalue weighted by Gasteiger charge is 2.45. The maximum absolute atomic E-state index is 12.4. The van der Waals surface area contributed by atoms with Gasteiger partial charge in [0.1, 0.15) is 11.7 Å². The van der Waals surface area contributed by atoms with Crippen LogP contribution in [-0.2, 0) is 14.0 Å². The number of hydrogen-bond acceptors (Lipinski definition) is 4. The van der Waals surface area contributed by atoms with Crippen LogP contribution < -0.4 is 0 Å². The van der Waals surface area contributed by atoms with E-state index in [0.717, 1.165) is 0 Å². The maximum Gasteiger partial charge on any atom is 0.417 e. The van der Waals surface area contributed by atoms with E-state index >= 15 is 0 Å². The average Bonchev–Trinajstić information content (AvgIpc) is 2.55. The Hall–Kier alpha value is -0.883. The molecule has 21 heavy (non-hydrogen) atoms. The third kappa shape index (κ3) is 4.54. The summed E-state index contributed by atoms with van der Waals surface area (Å²) in [6, 6.07) is 0. The lowest BCUT2D eigenvalue weighted by molar-refractivity contribution is -0.133. The van der Waals surface area contributed by atoms with Gasteiger partial charge in [0.15, 0.2) is 8.32 Å². The maximum atomic E-state index is 12.4. The first-order chi connectivity index (χ1) is 9.24. The number of carbonyl (C=O) groups is 2. The molecule has 0 radical (unpaired) electrons. The average molecular weight is 315 g/mol. The van der Waals surface area contributed by atoms with Crippen LogP contribution in [0, 0.1) is 0 Å². The Bertz CT molecular complexity index is 420. The number of hydrogen-bond donors (Lipinski definition) is 0. The highest BCUT2D eigenvalue weighted by molar-refractivity contribution is 6.74. The fraction of sp³-hybridized carbons (Fsp3) is 0.867. The van der Waals surface area contributed by atoms with E-state index in [1.807, 2.05) is 0 Å². The monoisotopic (exact) mass is 315 g/mol. The van der Waals surface area contributed by atoms with Crippen molar-refractivity contribution in [1.82, 2.24) is 4.90 Å². The van der Waals surface area contributed by atoms with Crippen LogP contribution in [0.3, 0.4) is 0 Å². The molecule has 0 unspecified atom stereocenters. The molecule has 0 N–H and O–H groups in total. The SMILES string of the molecule is CC(C)(C)OC(=O)N1CC[C@H](O[Si](C)(C)C(C)(C)C)C1=O. The lowest BCUT2D eigenvalue weighted by Gasteiger charge is -2.37. The van der Waals surface area contributed by atoms with Gasteiger partial charge in [-0.05, 0) is 45.3 Å². The van der Waals surface area contributed by atoms with Crippen molar-refractivity contribution >= 4 is 20.3 Å². The second kappa shape index (κ2) is 5.72. The summed E-state index contributed by atoms with van der Waals surface area (Å²) < 4.78 is 11.4. The van der Waals surface area contributed by atoms with Gasteiger partial charge in [0.25, 0.3) is 5.91 Å². The van der Waals surface area contributed by atoms with Crippen molar-refractivity contribution in [3.63, 3.8) is 0 Å². The summed E-state index contributed by atoms with van der Waals surface area (Å²) >= 11 is 0. The lowest BCUT2D eigenvalue weighted by atomic mass is 10.2. The molecule has 122 valence electrons. The number of ether oxygens (including phenoxy) is 1. The molecular formula is C15H29NO4Si. The summed E-state index contributed by atoms with van der Waals surface area (Å²) in [6.45, 7) is 16.3. The smallest absolute Gasteiger partial charge is 0.417 e. The fourth-order valence-corrected chi connectivity index (χ4v) is 3.08. The summed E-state index contributed by atoms with van der Waals surface area (Å²) in [5, 5.41) is 0.0343. The molecular weight excluding hydrogens is 286 g/mol. The number of amides is 2. The van der Waals surface area contributed by atoms with Gasteiger partial charge in [-0.2, -0.15) is 0 Å². The minimum Gasteiger partial charge on any atom is -0.443 e. The Kier molecular flexibility index (Phi) is 4.95. The second-order valence-electron chi connectivity index (χ2n) is 8.13. The van der Waals surface area contributed by atoms with E-state index in [9.17, 15) is 9.59 Å². The quantitative estimate of drug-likeness (QED) is 0.731. The van der Waals surface area contributed by atoms with Crippen LogP contribution in [0.15, 0.2) is 0 Å². The van der Waals surface area contributed by atoms with Crippen molar-refractivity contribution in [2.75, 3.05) is 6.54 Å². The van der Waals surface area contributed by atoms with Crippen LogP contribution in [0.4, 0.5) is 4.79 Å². The largest absolute Gasteiger partial charge is 0.443 e. The molecule has 0 saturated carbocycles. The van der Waals surface area contributed by atoms with E-state index in [2.05, 4.69) is 33.9 Å². The van der Waals surface area contributed by atoms with E-state index in [1.54, 1.807) is 20.8 Å². The van der Waals surface area contributed by atoms with Crippen LogP contribution in [0.25, 0.3) is 0 Å². The van der Waals surface area contributed by atoms with Gasteiger partial charge in [-0.1, -0.05) is 20.8 Å². The van der Waals surface area contributed by atoms with Gasteiger partial charge in [-0.3, -0.25) is 4.79 Å². The first-order valence-corrected chi connectivity index (χ1v) is 10.4. The molecule has 1 aliphatic rings. The Balaban J connectivity index is 2.72. The molecule has 0 aromatic rings. The van der Waals surface area contributed by atoms with Gasteiger partial charge in [-0.15, -0.1) is 0 Å². The first-order valence-electron chi connectivity index (χ1n) is 7.47. The van der Waals surface area contributed by atoms with Gasteiger partial charge in [0.05, 0.1) is 0 Å². The Morgan fingerprint density at radius 1 is 1.19 bits per heavy atom. The van der Waals surface area contributed by atoms with Crippen molar-refractivity contribution in [2.45, 2.75) is 77.8 Å². The highest BCUT2D eigenvalue weighted by atomic mass is 28.4. The zero-order valence-electron chi connectivity index (χ0n) is 14.6. The van der Waals surface area contributed by atoms with Crippen LogP contribution in [-0.4, -0.2) is 43.5 Å². The highest BCUT2D eigenvalue weighted by Crippen LogP contribution is 2.38. The van der Waals surface area contributed by atoms with Gasteiger partial charge in [0.2, 0.25) is 0 Å². The third-order valence-electron chi connectivity index (χ3n) is 4.01. The molecule has 0 spiro atoms. The molecule has 1 saturated heterocycles. The summed E-state index contributed by atoms with van der Waals surface area (Å²) in [7, 11) is -2.02. The van der Waals surface area contributed by atoms with Gasteiger partial charge < -0.3 is 9.16 Å². The fourth-order valence-electron chi connectivity index (χ4n) is 1.79. The predicted molar refractivity (Wildman–Crippen MR) is 84.6 cm³/mol. The Labute approximate surface area is 129 Å². The lowest BCUT2D eigenvalue weighted by Crippen LogP contribution is -2.47. The molecule has 2 amide bonds. The number of nitrogens with zero attached hydrogens (tertiary/aromatic N) is 1. The Morgan fingerprint density at radius 2 is 1.71 bits per heavy atom. The van der Waals surface area contributed by atoms with Gasteiger partial charge in [0, 0.05) is 6.54 Å². The summed E-state index contributed by atoms with van der Waals surface area (Å²) in [6.07, 6.45) is -0.544. The van der Waals surface area contributed by atoms with Gasteiger partial charge in [-0.25, -0.2) is 9.69 Å². The zero-order valence-corrected chi connectivity index (χ0v) is 15.6. The number of imide groups is 1. The minimum absolute atomic E-state index is 0.0343. The van der Waals surface area contributed by atoms with Crippen LogP contribution in [0.5, 0.6) is 0 Å². The van der Waals surface area contributed by atoms with E-state index in [0.29, 0.717) is 13.0 Å². The number of carbonyl (C=O) groups excluding carboxylic acids is 2. The first kappa shape index (κ1) is 18.2. The minimum atomic E-state index is -2.02. The third-order valence-corrected chi connectivity index (χ3v) is 8.50. The number of rotatable bonds is 2. The summed E-state index contributed by atoms with van der Waals surface area (Å²) in [4.78, 5) is 25.5. The molecule has 0 bridgehead atoms. The van der Waals surface area contributed by atoms with Crippen LogP contribution in [0.1, 0.15) is 48.0 Å². The van der Waals surface area contributed by atoms with Crippen molar-refractivity contribution < 1.29 is 18.8 Å². The van der Waals surface area contributed by atoms with E-state index in [1.165, 1.54) is 4.90 Å². The standard InChI is InChI=1S/C15H29NO4Si/c1-14(2,3)19-13(18)16-10-9-11(12(16)17)20-21(7,8)15(4,5)6/h11H,9-10H2,1-8H3/t11-/m0/s1. The predicted octanol–water partition coefficient (Wildman–Crippen LogP) is 3.54. The van der Waals surface area contributed by atoms with E-state index in [4.69, 9.17) is 9.16 Å². The molecule has 0 aliphatic carbocycles.